The molecule has 4 atom stereocenters. The molecule has 0 bridgehead atoms. The van der Waals surface area contributed by atoms with Crippen molar-refractivity contribution >= 4 is 10.1 Å². The fourth-order valence-corrected chi connectivity index (χ4v) is 2.38. The predicted octanol–water partition coefficient (Wildman–Crippen LogP) is 0.791. The van der Waals surface area contributed by atoms with Gasteiger partial charge in [-0.25, -0.2) is 0 Å². The van der Waals surface area contributed by atoms with Gasteiger partial charge in [0.2, 0.25) is 0 Å². The van der Waals surface area contributed by atoms with E-state index in [1.165, 1.54) is 7.11 Å². The number of hydrogen-bond donors (Lipinski definition) is 0. The van der Waals surface area contributed by atoms with Crippen molar-refractivity contribution in [2.75, 3.05) is 13.4 Å². The lowest BCUT2D eigenvalue weighted by Gasteiger charge is -2.36. The summed E-state index contributed by atoms with van der Waals surface area (Å²) in [5.41, 5.74) is 8.45. The summed E-state index contributed by atoms with van der Waals surface area (Å²) < 4.78 is 37.5. The van der Waals surface area contributed by atoms with Gasteiger partial charge < -0.3 is 9.47 Å². The third-order valence-electron chi connectivity index (χ3n) is 2.39. The second-order valence-corrected chi connectivity index (χ2v) is 5.38. The van der Waals surface area contributed by atoms with Gasteiger partial charge in [0.15, 0.2) is 6.29 Å². The Hall–Kier alpha value is -0.860. The lowest BCUT2D eigenvalue weighted by Crippen LogP contribution is -2.48. The zero-order chi connectivity index (χ0) is 13.1. The number of methoxy groups -OCH3 is 1. The summed E-state index contributed by atoms with van der Waals surface area (Å²) in [5.74, 6) is 0. The van der Waals surface area contributed by atoms with Gasteiger partial charge in [0, 0.05) is 18.4 Å². The van der Waals surface area contributed by atoms with Gasteiger partial charge in [0.1, 0.15) is 6.10 Å². The Morgan fingerprint density at radius 1 is 1.53 bits per heavy atom. The molecule has 0 aromatic rings. The van der Waals surface area contributed by atoms with Crippen LogP contribution in [0, 0.1) is 0 Å². The van der Waals surface area contributed by atoms with Crippen LogP contribution in [0.5, 0.6) is 0 Å². The highest BCUT2D eigenvalue weighted by Crippen LogP contribution is 2.26. The summed E-state index contributed by atoms with van der Waals surface area (Å²) in [6, 6.07) is -0.636. The number of azide groups is 1. The first kappa shape index (κ1) is 14.2. The van der Waals surface area contributed by atoms with Gasteiger partial charge in [0.25, 0.3) is 10.1 Å². The minimum absolute atomic E-state index is 0.255. The standard InChI is InChI=1S/C8H15N3O5S/c1-5-8(16-17(3,12)13)6(10-11-9)4-7(14-2)15-5/h5-8H,4H2,1-3H3/t5-,6-,7+,8-/m0/s1. The van der Waals surface area contributed by atoms with Crippen molar-refractivity contribution in [2.24, 2.45) is 5.11 Å². The Bertz CT molecular complexity index is 405. The van der Waals surface area contributed by atoms with Crippen LogP contribution in [0.3, 0.4) is 0 Å². The summed E-state index contributed by atoms with van der Waals surface area (Å²) in [6.07, 6.45) is -0.702. The van der Waals surface area contributed by atoms with Crippen LogP contribution in [-0.2, 0) is 23.8 Å². The predicted molar refractivity (Wildman–Crippen MR) is 58.6 cm³/mol. The van der Waals surface area contributed by atoms with Gasteiger partial charge in [-0.1, -0.05) is 5.11 Å². The highest BCUT2D eigenvalue weighted by Gasteiger charge is 2.39. The van der Waals surface area contributed by atoms with Crippen LogP contribution in [0.15, 0.2) is 5.11 Å². The highest BCUT2D eigenvalue weighted by atomic mass is 32.2. The SMILES string of the molecule is CO[C@H]1C[C@H](N=[N+]=[N-])[C@@H](OS(C)(=O)=O)[C@H](C)O1. The van der Waals surface area contributed by atoms with E-state index in [1.807, 2.05) is 0 Å². The molecule has 1 aliphatic rings. The highest BCUT2D eigenvalue weighted by molar-refractivity contribution is 7.86. The molecule has 98 valence electrons. The molecule has 0 radical (unpaired) electrons. The third kappa shape index (κ3) is 4.14. The first-order valence-corrected chi connectivity index (χ1v) is 6.79. The molecular formula is C8H15N3O5S. The molecule has 0 saturated carbocycles. The molecule has 1 aliphatic heterocycles. The molecule has 9 heteroatoms. The Labute approximate surface area is 99.6 Å². The van der Waals surface area contributed by atoms with E-state index in [1.54, 1.807) is 6.92 Å². The van der Waals surface area contributed by atoms with Crippen molar-refractivity contribution < 1.29 is 22.1 Å². The van der Waals surface area contributed by atoms with E-state index in [4.69, 9.17) is 19.2 Å². The normalized spacial score (nSPS) is 34.1. The largest absolute Gasteiger partial charge is 0.356 e. The van der Waals surface area contributed by atoms with Crippen molar-refractivity contribution in [3.05, 3.63) is 10.4 Å². The fraction of sp³-hybridized carbons (Fsp3) is 1.00. The Morgan fingerprint density at radius 2 is 2.18 bits per heavy atom. The summed E-state index contributed by atoms with van der Waals surface area (Å²) in [4.78, 5) is 2.68. The Morgan fingerprint density at radius 3 is 2.65 bits per heavy atom. The zero-order valence-corrected chi connectivity index (χ0v) is 10.6. The van der Waals surface area contributed by atoms with Crippen LogP contribution in [0.1, 0.15) is 13.3 Å². The number of hydrogen-bond acceptors (Lipinski definition) is 6. The van der Waals surface area contributed by atoms with Crippen molar-refractivity contribution in [1.29, 1.82) is 0 Å². The lowest BCUT2D eigenvalue weighted by molar-refractivity contribution is -0.206. The third-order valence-corrected chi connectivity index (χ3v) is 2.96. The van der Waals surface area contributed by atoms with Gasteiger partial charge in [-0.05, 0) is 12.5 Å². The maximum absolute atomic E-state index is 11.1. The molecule has 0 aliphatic carbocycles. The lowest BCUT2D eigenvalue weighted by atomic mass is 10.0. The molecule has 8 nitrogen and oxygen atoms in total. The topological polar surface area (TPSA) is 111 Å². The van der Waals surface area contributed by atoms with Crippen molar-refractivity contribution in [1.82, 2.24) is 0 Å². The molecule has 0 aromatic heterocycles. The van der Waals surface area contributed by atoms with Crippen LogP contribution in [0.2, 0.25) is 0 Å². The molecule has 0 N–H and O–H groups in total. The first-order chi connectivity index (χ1) is 7.87. The van der Waals surface area contributed by atoms with E-state index in [0.29, 0.717) is 0 Å². The summed E-state index contributed by atoms with van der Waals surface area (Å²) in [6.45, 7) is 1.64. The molecule has 1 fully saturated rings. The van der Waals surface area contributed by atoms with E-state index >= 15 is 0 Å². The average Bonchev–Trinajstić information content (AvgIpc) is 2.21. The summed E-state index contributed by atoms with van der Waals surface area (Å²) in [7, 11) is -2.18. The molecule has 0 aromatic carbocycles. The smallest absolute Gasteiger partial charge is 0.264 e. The molecule has 0 spiro atoms. The first-order valence-electron chi connectivity index (χ1n) is 4.98. The second kappa shape index (κ2) is 5.65. The van der Waals surface area contributed by atoms with E-state index < -0.39 is 34.7 Å². The Balaban J connectivity index is 2.87. The number of rotatable bonds is 4. The molecule has 1 rings (SSSR count). The van der Waals surface area contributed by atoms with Crippen molar-refractivity contribution in [3.63, 3.8) is 0 Å². The number of nitrogens with zero attached hydrogens (tertiary/aromatic N) is 3. The second-order valence-electron chi connectivity index (χ2n) is 3.78. The Kier molecular flexibility index (Phi) is 4.72. The zero-order valence-electron chi connectivity index (χ0n) is 9.81. The van der Waals surface area contributed by atoms with Crippen LogP contribution >= 0.6 is 0 Å². The average molecular weight is 265 g/mol. The molecule has 0 unspecified atom stereocenters. The molecule has 0 amide bonds. The van der Waals surface area contributed by atoms with Gasteiger partial charge in [-0.2, -0.15) is 8.42 Å². The molecule has 1 heterocycles. The van der Waals surface area contributed by atoms with Gasteiger partial charge >= 0.3 is 0 Å². The van der Waals surface area contributed by atoms with Crippen LogP contribution < -0.4 is 0 Å². The van der Waals surface area contributed by atoms with E-state index in [0.717, 1.165) is 6.26 Å². The van der Waals surface area contributed by atoms with Gasteiger partial charge in [-0.15, -0.1) is 0 Å². The van der Waals surface area contributed by atoms with Crippen molar-refractivity contribution in [3.8, 4) is 0 Å². The van der Waals surface area contributed by atoms with Gasteiger partial charge in [-0.3, -0.25) is 4.18 Å². The van der Waals surface area contributed by atoms with Crippen LogP contribution in [-0.4, -0.2) is 46.3 Å². The maximum Gasteiger partial charge on any atom is 0.264 e. The van der Waals surface area contributed by atoms with E-state index in [9.17, 15) is 8.42 Å². The molecule has 17 heavy (non-hydrogen) atoms. The molecular weight excluding hydrogens is 250 g/mol. The maximum atomic E-state index is 11.1. The summed E-state index contributed by atoms with van der Waals surface area (Å²) in [5, 5.41) is 3.53. The minimum atomic E-state index is -3.64. The summed E-state index contributed by atoms with van der Waals surface area (Å²) >= 11 is 0. The molecule has 1 saturated heterocycles. The van der Waals surface area contributed by atoms with Gasteiger partial charge in [0.05, 0.1) is 18.4 Å². The monoisotopic (exact) mass is 265 g/mol. The van der Waals surface area contributed by atoms with E-state index in [2.05, 4.69) is 10.0 Å². The number of ether oxygens (including phenoxy) is 2. The fourth-order valence-electron chi connectivity index (χ4n) is 1.69. The van der Waals surface area contributed by atoms with Crippen molar-refractivity contribution in [2.45, 2.75) is 37.9 Å². The minimum Gasteiger partial charge on any atom is -0.356 e. The van der Waals surface area contributed by atoms with Crippen LogP contribution in [0.4, 0.5) is 0 Å². The quantitative estimate of drug-likeness (QED) is 0.323. The van der Waals surface area contributed by atoms with Crippen LogP contribution in [0.25, 0.3) is 10.4 Å². The van der Waals surface area contributed by atoms with E-state index in [-0.39, 0.29) is 6.42 Å².